The SMILES string of the molecule is C=CCCCCCCCCOC(=O)CO/N=C\C(O)C(O)C(C(O)CO)[C@@H]1O[C@H](CO)[C@@H](O)[C@H](O)[C@H]1O. The number of ether oxygens (including phenoxy) is 2. The maximum absolute atomic E-state index is 11.7. The van der Waals surface area contributed by atoms with Crippen molar-refractivity contribution in [3.05, 3.63) is 12.7 Å². The van der Waals surface area contributed by atoms with Crippen LogP contribution in [-0.2, 0) is 19.1 Å². The Kier molecular flexibility index (Phi) is 16.7. The molecule has 0 bridgehead atoms. The molecule has 1 heterocycles. The van der Waals surface area contributed by atoms with Crippen LogP contribution in [0.3, 0.4) is 0 Å². The summed E-state index contributed by atoms with van der Waals surface area (Å²) in [5.41, 5.74) is 0. The van der Waals surface area contributed by atoms with Gasteiger partial charge in [-0.2, -0.15) is 0 Å². The molecule has 1 rings (SSSR count). The van der Waals surface area contributed by atoms with E-state index in [-0.39, 0.29) is 6.61 Å². The number of carbonyl (C=O) groups excluding carboxylic acids is 1. The van der Waals surface area contributed by atoms with Gasteiger partial charge in [0.05, 0.1) is 44.3 Å². The standard InChI is InChI=1S/C24H43NO12/c1-2-3-4-5-6-7-8-9-10-35-18(30)14-36-25-11-15(28)20(31)19(16(29)12-26)24-23(34)22(33)21(32)17(13-27)37-24/h2,11,15-17,19-24,26-29,31-34H,1,3-10,12-14H2/b25-11-/t15?,16?,17-,19?,20?,21-,22+,23-,24+/m1/s1. The van der Waals surface area contributed by atoms with Crippen LogP contribution in [0.5, 0.6) is 0 Å². The van der Waals surface area contributed by atoms with Gasteiger partial charge in [0.2, 0.25) is 6.61 Å². The quantitative estimate of drug-likeness (QED) is 0.0294. The summed E-state index contributed by atoms with van der Waals surface area (Å²) >= 11 is 0. The Bertz CT molecular complexity index is 664. The Balaban J connectivity index is 2.49. The van der Waals surface area contributed by atoms with Gasteiger partial charge in [0.1, 0.15) is 30.5 Å². The summed E-state index contributed by atoms with van der Waals surface area (Å²) in [7, 11) is 0. The molecule has 0 amide bonds. The van der Waals surface area contributed by atoms with Crippen LogP contribution in [0.25, 0.3) is 0 Å². The molecule has 37 heavy (non-hydrogen) atoms. The van der Waals surface area contributed by atoms with E-state index in [4.69, 9.17) is 14.3 Å². The van der Waals surface area contributed by atoms with Crippen LogP contribution < -0.4 is 0 Å². The number of rotatable bonds is 19. The molecule has 1 aliphatic heterocycles. The second kappa shape index (κ2) is 18.6. The lowest BCUT2D eigenvalue weighted by molar-refractivity contribution is -0.260. The first kappa shape index (κ1) is 33.3. The minimum Gasteiger partial charge on any atom is -0.463 e. The van der Waals surface area contributed by atoms with Crippen LogP contribution >= 0.6 is 0 Å². The van der Waals surface area contributed by atoms with Crippen molar-refractivity contribution in [2.24, 2.45) is 11.1 Å². The van der Waals surface area contributed by atoms with Gasteiger partial charge < -0.3 is 55.2 Å². The highest BCUT2D eigenvalue weighted by Crippen LogP contribution is 2.30. The zero-order chi connectivity index (χ0) is 27.8. The molecule has 4 unspecified atom stereocenters. The molecule has 13 heteroatoms. The maximum Gasteiger partial charge on any atom is 0.347 e. The minimum absolute atomic E-state index is 0.236. The monoisotopic (exact) mass is 537 g/mol. The first-order valence-electron chi connectivity index (χ1n) is 12.6. The van der Waals surface area contributed by atoms with E-state index in [1.165, 1.54) is 0 Å². The van der Waals surface area contributed by atoms with Crippen LogP contribution in [0.1, 0.15) is 44.9 Å². The van der Waals surface area contributed by atoms with Gasteiger partial charge in [-0.3, -0.25) is 0 Å². The average molecular weight is 538 g/mol. The van der Waals surface area contributed by atoms with Crippen molar-refractivity contribution in [3.63, 3.8) is 0 Å². The van der Waals surface area contributed by atoms with Gasteiger partial charge in [-0.15, -0.1) is 6.58 Å². The topological polar surface area (TPSA) is 219 Å². The molecule has 0 aromatic rings. The second-order valence-corrected chi connectivity index (χ2v) is 9.05. The van der Waals surface area contributed by atoms with Crippen molar-refractivity contribution in [1.29, 1.82) is 0 Å². The van der Waals surface area contributed by atoms with Gasteiger partial charge in [0.15, 0.2) is 0 Å². The Hall–Kier alpha value is -1.68. The van der Waals surface area contributed by atoms with Crippen molar-refractivity contribution in [2.75, 3.05) is 26.4 Å². The first-order valence-corrected chi connectivity index (χ1v) is 12.6. The van der Waals surface area contributed by atoms with E-state index in [2.05, 4.69) is 11.7 Å². The molecule has 9 atom stereocenters. The molecule has 1 aliphatic rings. The zero-order valence-electron chi connectivity index (χ0n) is 21.0. The van der Waals surface area contributed by atoms with E-state index >= 15 is 0 Å². The number of hydrogen-bond acceptors (Lipinski definition) is 13. The predicted octanol–water partition coefficient (Wildman–Crippen LogP) is -2.02. The number of esters is 1. The number of oxime groups is 1. The predicted molar refractivity (Wildman–Crippen MR) is 130 cm³/mol. The third kappa shape index (κ3) is 11.3. The van der Waals surface area contributed by atoms with Crippen molar-refractivity contribution in [1.82, 2.24) is 0 Å². The van der Waals surface area contributed by atoms with E-state index in [9.17, 15) is 45.6 Å². The number of aliphatic hydroxyl groups excluding tert-OH is 8. The molecule has 216 valence electrons. The highest BCUT2D eigenvalue weighted by molar-refractivity contribution is 5.70. The lowest BCUT2D eigenvalue weighted by Crippen LogP contribution is -2.64. The molecule has 1 saturated heterocycles. The molecule has 8 N–H and O–H groups in total. The zero-order valence-corrected chi connectivity index (χ0v) is 21.0. The van der Waals surface area contributed by atoms with E-state index in [1.807, 2.05) is 6.08 Å². The number of unbranched alkanes of at least 4 members (excludes halogenated alkanes) is 6. The average Bonchev–Trinajstić information content (AvgIpc) is 2.89. The maximum atomic E-state index is 11.7. The summed E-state index contributed by atoms with van der Waals surface area (Å²) in [5.74, 6) is -2.25. The van der Waals surface area contributed by atoms with Gasteiger partial charge in [-0.25, -0.2) is 4.79 Å². The summed E-state index contributed by atoms with van der Waals surface area (Å²) in [5, 5.41) is 83.3. The lowest BCUT2D eigenvalue weighted by atomic mass is 9.80. The fraction of sp³-hybridized carbons (Fsp3) is 0.833. The Morgan fingerprint density at radius 3 is 2.24 bits per heavy atom. The third-order valence-corrected chi connectivity index (χ3v) is 6.22. The van der Waals surface area contributed by atoms with Crippen molar-refractivity contribution >= 4 is 12.2 Å². The molecule has 0 aliphatic carbocycles. The van der Waals surface area contributed by atoms with Gasteiger partial charge in [-0.05, 0) is 19.3 Å². The van der Waals surface area contributed by atoms with Crippen LogP contribution in [0.2, 0.25) is 0 Å². The molecule has 0 saturated carbocycles. The molecular formula is C24H43NO12. The minimum atomic E-state index is -1.90. The van der Waals surface area contributed by atoms with Crippen LogP contribution in [-0.4, -0.2) is 128 Å². The van der Waals surface area contributed by atoms with Gasteiger partial charge in [-0.1, -0.05) is 36.9 Å². The first-order chi connectivity index (χ1) is 17.7. The number of nitrogens with zero attached hydrogens (tertiary/aromatic N) is 1. The van der Waals surface area contributed by atoms with E-state index in [0.717, 1.165) is 44.7 Å². The molecule has 0 spiro atoms. The van der Waals surface area contributed by atoms with Crippen molar-refractivity contribution in [3.8, 4) is 0 Å². The molecule has 0 radical (unpaired) electrons. The van der Waals surface area contributed by atoms with Crippen molar-refractivity contribution in [2.45, 2.75) is 93.8 Å². The van der Waals surface area contributed by atoms with Crippen molar-refractivity contribution < 1.29 is 60.0 Å². The molecule has 1 fully saturated rings. The summed E-state index contributed by atoms with van der Waals surface area (Å²) in [6.07, 6.45) is -3.95. The smallest absolute Gasteiger partial charge is 0.347 e. The number of aliphatic hydroxyl groups is 8. The number of hydrogen-bond donors (Lipinski definition) is 8. The molecule has 13 nitrogen and oxygen atoms in total. The normalized spacial score (nSPS) is 27.4. The van der Waals surface area contributed by atoms with Gasteiger partial charge >= 0.3 is 5.97 Å². The largest absolute Gasteiger partial charge is 0.463 e. The van der Waals surface area contributed by atoms with E-state index in [1.54, 1.807) is 0 Å². The Labute approximate surface area is 216 Å². The third-order valence-electron chi connectivity index (χ3n) is 6.22. The van der Waals surface area contributed by atoms with E-state index < -0.39 is 80.5 Å². The summed E-state index contributed by atoms with van der Waals surface area (Å²) < 4.78 is 10.4. The summed E-state index contributed by atoms with van der Waals surface area (Å²) in [6, 6.07) is 0. The Morgan fingerprint density at radius 2 is 1.62 bits per heavy atom. The lowest BCUT2D eigenvalue weighted by Gasteiger charge is -2.45. The fourth-order valence-corrected chi connectivity index (χ4v) is 4.05. The van der Waals surface area contributed by atoms with Crippen LogP contribution in [0.4, 0.5) is 0 Å². The molecule has 0 aromatic carbocycles. The number of carbonyl (C=O) groups is 1. The van der Waals surface area contributed by atoms with Gasteiger partial charge in [0, 0.05) is 5.92 Å². The highest BCUT2D eigenvalue weighted by Gasteiger charge is 2.50. The number of allylic oxidation sites excluding steroid dienone is 1. The Morgan fingerprint density at radius 1 is 0.973 bits per heavy atom. The van der Waals surface area contributed by atoms with Crippen LogP contribution in [0, 0.1) is 5.92 Å². The fourth-order valence-electron chi connectivity index (χ4n) is 4.05. The molecular weight excluding hydrogens is 494 g/mol. The van der Waals surface area contributed by atoms with E-state index in [0.29, 0.717) is 6.42 Å². The molecule has 0 aromatic heterocycles. The van der Waals surface area contributed by atoms with Gasteiger partial charge in [0.25, 0.3) is 0 Å². The highest BCUT2D eigenvalue weighted by atomic mass is 16.7. The summed E-state index contributed by atoms with van der Waals surface area (Å²) in [6.45, 7) is 1.72. The van der Waals surface area contributed by atoms with Crippen LogP contribution in [0.15, 0.2) is 17.8 Å². The summed E-state index contributed by atoms with van der Waals surface area (Å²) in [4.78, 5) is 16.5. The second-order valence-electron chi connectivity index (χ2n) is 9.05.